The van der Waals surface area contributed by atoms with Crippen LogP contribution in [0.15, 0.2) is 11.6 Å². The van der Waals surface area contributed by atoms with Crippen LogP contribution < -0.4 is 0 Å². The third-order valence-corrected chi connectivity index (χ3v) is 9.64. The van der Waals surface area contributed by atoms with Crippen LogP contribution in [0.5, 0.6) is 0 Å². The molecule has 0 radical (unpaired) electrons. The van der Waals surface area contributed by atoms with Crippen molar-refractivity contribution >= 4 is 22.2 Å². The quantitative estimate of drug-likeness (QED) is 0.381. The van der Waals surface area contributed by atoms with Crippen LogP contribution in [0, 0.1) is 34.5 Å². The second-order valence-corrected chi connectivity index (χ2v) is 11.6. The minimum Gasteiger partial charge on any atom is -0.458 e. The van der Waals surface area contributed by atoms with Crippen LogP contribution >= 0.6 is 0 Å². The highest BCUT2D eigenvalue weighted by atomic mass is 32.3. The summed E-state index contributed by atoms with van der Waals surface area (Å²) in [6, 6.07) is 0. The number of carbonyl (C=O) groups excluding carboxylic acids is 2. The van der Waals surface area contributed by atoms with Crippen LogP contribution in [-0.4, -0.2) is 37.4 Å². The average Bonchev–Trinajstić information content (AvgIpc) is 3.02. The second-order valence-electron chi connectivity index (χ2n) is 10.6. The van der Waals surface area contributed by atoms with E-state index in [9.17, 15) is 18.0 Å². The van der Waals surface area contributed by atoms with Gasteiger partial charge in [-0.25, -0.2) is 4.18 Å². The first-order valence-electron chi connectivity index (χ1n) is 11.5. The summed E-state index contributed by atoms with van der Waals surface area (Å²) in [6.45, 7) is 5.78. The van der Waals surface area contributed by atoms with E-state index in [1.54, 1.807) is 0 Å². The van der Waals surface area contributed by atoms with Gasteiger partial charge in [0.15, 0.2) is 5.78 Å². The van der Waals surface area contributed by atoms with Crippen LogP contribution in [0.1, 0.15) is 72.1 Å². The predicted molar refractivity (Wildman–Crippen MR) is 113 cm³/mol. The molecule has 0 aromatic heterocycles. The number of esters is 1. The summed E-state index contributed by atoms with van der Waals surface area (Å²) in [4.78, 5) is 24.0. The van der Waals surface area contributed by atoms with Crippen molar-refractivity contribution in [3.8, 4) is 0 Å². The molecule has 0 spiro atoms. The molecule has 4 aliphatic rings. The molecular weight excluding hydrogens is 420 g/mol. The molecule has 0 heterocycles. The molecule has 0 bridgehead atoms. The lowest BCUT2D eigenvalue weighted by Crippen LogP contribution is -2.51. The first-order valence-corrected chi connectivity index (χ1v) is 12.8. The van der Waals surface area contributed by atoms with Crippen molar-refractivity contribution in [3.05, 3.63) is 11.6 Å². The first-order chi connectivity index (χ1) is 14.4. The highest BCUT2D eigenvalue weighted by Crippen LogP contribution is 2.66. The van der Waals surface area contributed by atoms with E-state index in [2.05, 4.69) is 19.9 Å². The highest BCUT2D eigenvalue weighted by molar-refractivity contribution is 7.80. The van der Waals surface area contributed by atoms with E-state index in [4.69, 9.17) is 13.5 Å². The van der Waals surface area contributed by atoms with E-state index in [-0.39, 0.29) is 29.1 Å². The van der Waals surface area contributed by atoms with Gasteiger partial charge >= 0.3 is 16.4 Å². The number of hydrogen-bond donors (Lipinski definition) is 1. The van der Waals surface area contributed by atoms with Crippen LogP contribution in [0.25, 0.3) is 0 Å². The van der Waals surface area contributed by atoms with Gasteiger partial charge in [-0.15, -0.1) is 0 Å². The van der Waals surface area contributed by atoms with Crippen molar-refractivity contribution in [2.45, 2.75) is 78.2 Å². The maximum absolute atomic E-state index is 12.8. The zero-order valence-corrected chi connectivity index (χ0v) is 19.4. The summed E-state index contributed by atoms with van der Waals surface area (Å²) in [5.41, 5.74) is 1.23. The Balaban J connectivity index is 1.52. The van der Waals surface area contributed by atoms with Gasteiger partial charge < -0.3 is 4.74 Å². The van der Waals surface area contributed by atoms with Gasteiger partial charge in [0.2, 0.25) is 0 Å². The standard InChI is InChI=1S/C23H34O7S/c1-14(24)29-13-21(25)20-7-6-18-17-5-4-15-12-16(30-31(26,27)28)8-10-22(15,2)19(17)9-11-23(18,20)3/h4,16-20H,5-13H2,1-3H3,(H,26,27,28)/t16-,17-,18-,19-,20+,22-,23-/m0/s1. The SMILES string of the molecule is CC(=O)OCC(=O)[C@H]1CC[C@H]2[C@@H]3CC=C4C[C@@H](OS(=O)(=O)O)CC[C@]4(C)[C@H]3CC[C@]12C. The maximum atomic E-state index is 12.8. The Hall–Kier alpha value is -1.25. The Morgan fingerprint density at radius 3 is 2.55 bits per heavy atom. The second kappa shape index (κ2) is 7.96. The molecule has 8 heteroatoms. The number of hydrogen-bond acceptors (Lipinski definition) is 6. The smallest absolute Gasteiger partial charge is 0.397 e. The average molecular weight is 455 g/mol. The third kappa shape index (κ3) is 4.11. The van der Waals surface area contributed by atoms with Crippen molar-refractivity contribution in [2.75, 3.05) is 6.61 Å². The molecule has 174 valence electrons. The van der Waals surface area contributed by atoms with Crippen LogP contribution in [0.4, 0.5) is 0 Å². The fraction of sp³-hybridized carbons (Fsp3) is 0.826. The molecular formula is C23H34O7S. The van der Waals surface area contributed by atoms with E-state index < -0.39 is 22.5 Å². The number of fused-ring (bicyclic) bond motifs is 5. The topological polar surface area (TPSA) is 107 Å². The molecule has 4 rings (SSSR count). The summed E-state index contributed by atoms with van der Waals surface area (Å²) in [5.74, 6) is 1.09. The van der Waals surface area contributed by atoms with Gasteiger partial charge in [0.25, 0.3) is 0 Å². The molecule has 31 heavy (non-hydrogen) atoms. The molecule has 0 saturated heterocycles. The van der Waals surface area contributed by atoms with E-state index >= 15 is 0 Å². The third-order valence-electron chi connectivity index (χ3n) is 9.12. The zero-order chi connectivity index (χ0) is 22.6. The molecule has 4 aliphatic carbocycles. The van der Waals surface area contributed by atoms with Gasteiger partial charge in [-0.3, -0.25) is 14.1 Å². The molecule has 7 nitrogen and oxygen atoms in total. The van der Waals surface area contributed by atoms with Crippen LogP contribution in [0.2, 0.25) is 0 Å². The Morgan fingerprint density at radius 2 is 1.87 bits per heavy atom. The summed E-state index contributed by atoms with van der Waals surface area (Å²) in [7, 11) is -4.44. The summed E-state index contributed by atoms with van der Waals surface area (Å²) in [6.07, 6.45) is 8.67. The minimum atomic E-state index is -4.44. The number of ether oxygens (including phenoxy) is 1. The van der Waals surface area contributed by atoms with Gasteiger partial charge in [0.1, 0.15) is 6.61 Å². The van der Waals surface area contributed by atoms with E-state index in [1.807, 2.05) is 0 Å². The molecule has 0 unspecified atom stereocenters. The monoisotopic (exact) mass is 454 g/mol. The van der Waals surface area contributed by atoms with Crippen molar-refractivity contribution in [1.29, 1.82) is 0 Å². The molecule has 3 fully saturated rings. The largest absolute Gasteiger partial charge is 0.458 e. The highest BCUT2D eigenvalue weighted by Gasteiger charge is 2.59. The van der Waals surface area contributed by atoms with E-state index in [0.717, 1.165) is 38.5 Å². The minimum absolute atomic E-state index is 0.0170. The van der Waals surface area contributed by atoms with Crippen molar-refractivity contribution < 1.29 is 31.5 Å². The lowest BCUT2D eigenvalue weighted by Gasteiger charge is -2.58. The van der Waals surface area contributed by atoms with E-state index in [0.29, 0.717) is 30.6 Å². The number of allylic oxidation sites excluding steroid dienone is 1. The molecule has 1 N–H and O–H groups in total. The Labute approximate surface area is 184 Å². The maximum Gasteiger partial charge on any atom is 0.397 e. The number of rotatable bonds is 5. The fourth-order valence-electron chi connectivity index (χ4n) is 7.68. The zero-order valence-electron chi connectivity index (χ0n) is 18.6. The van der Waals surface area contributed by atoms with Crippen molar-refractivity contribution in [1.82, 2.24) is 0 Å². The van der Waals surface area contributed by atoms with Gasteiger partial charge in [-0.1, -0.05) is 25.5 Å². The van der Waals surface area contributed by atoms with Gasteiger partial charge in [0, 0.05) is 12.8 Å². The van der Waals surface area contributed by atoms with Gasteiger partial charge in [-0.05, 0) is 80.0 Å². The molecule has 0 aromatic rings. The number of carbonyl (C=O) groups is 2. The Bertz CT molecular complexity index is 894. The summed E-state index contributed by atoms with van der Waals surface area (Å²) >= 11 is 0. The van der Waals surface area contributed by atoms with Crippen LogP contribution in [-0.2, 0) is 28.9 Å². The number of Topliss-reactive ketones (excluding diaryl/α,β-unsaturated/α-hetero) is 1. The van der Waals surface area contributed by atoms with Crippen molar-refractivity contribution in [2.24, 2.45) is 34.5 Å². The lowest BCUT2D eigenvalue weighted by molar-refractivity contribution is -0.149. The van der Waals surface area contributed by atoms with E-state index in [1.165, 1.54) is 12.5 Å². The fourth-order valence-corrected chi connectivity index (χ4v) is 8.19. The normalized spacial score (nSPS) is 42.1. The van der Waals surface area contributed by atoms with Crippen molar-refractivity contribution in [3.63, 3.8) is 0 Å². The molecule has 0 amide bonds. The van der Waals surface area contributed by atoms with Crippen LogP contribution in [0.3, 0.4) is 0 Å². The molecule has 0 aliphatic heterocycles. The Kier molecular flexibility index (Phi) is 5.88. The van der Waals surface area contributed by atoms with Gasteiger partial charge in [0.05, 0.1) is 6.10 Å². The molecule has 7 atom stereocenters. The molecule has 3 saturated carbocycles. The first kappa shape index (κ1) is 22.9. The Morgan fingerprint density at radius 1 is 1.13 bits per heavy atom. The summed E-state index contributed by atoms with van der Waals surface area (Å²) in [5, 5.41) is 0. The number of ketones is 1. The predicted octanol–water partition coefficient (Wildman–Crippen LogP) is 3.89. The van der Waals surface area contributed by atoms with Gasteiger partial charge in [-0.2, -0.15) is 8.42 Å². The molecule has 0 aromatic carbocycles. The lowest BCUT2D eigenvalue weighted by atomic mass is 9.47. The summed E-state index contributed by atoms with van der Waals surface area (Å²) < 4.78 is 41.3.